The number of aryl methyl sites for hydroxylation is 1. The van der Waals surface area contributed by atoms with Gasteiger partial charge in [-0.25, -0.2) is 4.39 Å². The van der Waals surface area contributed by atoms with Crippen LogP contribution in [-0.4, -0.2) is 23.0 Å². The van der Waals surface area contributed by atoms with Gasteiger partial charge in [0, 0.05) is 20.0 Å². The van der Waals surface area contributed by atoms with Gasteiger partial charge in [0.05, 0.1) is 0 Å². The Labute approximate surface area is 123 Å². The summed E-state index contributed by atoms with van der Waals surface area (Å²) < 4.78 is 13.1. The lowest BCUT2D eigenvalue weighted by Crippen LogP contribution is -2.26. The van der Waals surface area contributed by atoms with Crippen molar-refractivity contribution in [1.29, 1.82) is 0 Å². The van der Waals surface area contributed by atoms with Gasteiger partial charge in [-0.3, -0.25) is 4.79 Å². The van der Waals surface area contributed by atoms with Crippen LogP contribution < -0.4 is 0 Å². The minimum Gasteiger partial charge on any atom is -0.508 e. The minimum atomic E-state index is -0.303. The van der Waals surface area contributed by atoms with Gasteiger partial charge in [-0.1, -0.05) is 30.3 Å². The molecule has 1 N–H and O–H groups in total. The first-order chi connectivity index (χ1) is 10.1. The molecule has 1 amide bonds. The molecule has 3 nitrogen and oxygen atoms in total. The molecular weight excluding hydrogens is 269 g/mol. The van der Waals surface area contributed by atoms with Crippen LogP contribution >= 0.6 is 0 Å². The van der Waals surface area contributed by atoms with E-state index in [1.54, 1.807) is 42.3 Å². The maximum absolute atomic E-state index is 13.1. The fourth-order valence-corrected chi connectivity index (χ4v) is 2.15. The lowest BCUT2D eigenvalue weighted by molar-refractivity contribution is -0.130. The number of benzene rings is 2. The quantitative estimate of drug-likeness (QED) is 0.918. The van der Waals surface area contributed by atoms with Crippen LogP contribution in [0.2, 0.25) is 0 Å². The van der Waals surface area contributed by atoms with Crippen molar-refractivity contribution in [3.63, 3.8) is 0 Å². The van der Waals surface area contributed by atoms with E-state index in [0.29, 0.717) is 19.4 Å². The summed E-state index contributed by atoms with van der Waals surface area (Å²) in [5.41, 5.74) is 1.51. The first-order valence-electron chi connectivity index (χ1n) is 6.81. The number of amides is 1. The van der Waals surface area contributed by atoms with Crippen LogP contribution in [-0.2, 0) is 17.8 Å². The van der Waals surface area contributed by atoms with E-state index in [1.165, 1.54) is 12.1 Å². The monoisotopic (exact) mass is 287 g/mol. The second-order valence-electron chi connectivity index (χ2n) is 5.01. The van der Waals surface area contributed by atoms with E-state index in [0.717, 1.165) is 11.1 Å². The Bertz CT molecular complexity index is 628. The number of carbonyl (C=O) groups excluding carboxylic acids is 1. The molecule has 0 heterocycles. The van der Waals surface area contributed by atoms with Gasteiger partial charge in [0.1, 0.15) is 11.6 Å². The number of rotatable bonds is 5. The average molecular weight is 287 g/mol. The fourth-order valence-electron chi connectivity index (χ4n) is 2.15. The van der Waals surface area contributed by atoms with Gasteiger partial charge in [-0.2, -0.15) is 0 Å². The SMILES string of the molecule is CN(Cc1cccc(F)c1)C(=O)CCc1ccccc1O. The summed E-state index contributed by atoms with van der Waals surface area (Å²) in [6, 6.07) is 13.2. The number of phenols is 1. The van der Waals surface area contributed by atoms with Crippen molar-refractivity contribution in [2.45, 2.75) is 19.4 Å². The molecule has 4 heteroatoms. The zero-order valence-corrected chi connectivity index (χ0v) is 11.9. The molecule has 2 aromatic rings. The number of hydrogen-bond donors (Lipinski definition) is 1. The van der Waals surface area contributed by atoms with E-state index in [1.807, 2.05) is 6.07 Å². The molecule has 0 aliphatic heterocycles. The smallest absolute Gasteiger partial charge is 0.222 e. The average Bonchev–Trinajstić information content (AvgIpc) is 2.46. The van der Waals surface area contributed by atoms with E-state index in [4.69, 9.17) is 0 Å². The highest BCUT2D eigenvalue weighted by Crippen LogP contribution is 2.17. The van der Waals surface area contributed by atoms with E-state index >= 15 is 0 Å². The van der Waals surface area contributed by atoms with Crippen molar-refractivity contribution < 1.29 is 14.3 Å². The molecular formula is C17H18FNO2. The summed E-state index contributed by atoms with van der Waals surface area (Å²) in [4.78, 5) is 13.6. The molecule has 0 saturated heterocycles. The summed E-state index contributed by atoms with van der Waals surface area (Å²) in [5, 5.41) is 9.66. The van der Waals surface area contributed by atoms with E-state index in [-0.39, 0.29) is 17.5 Å². The number of para-hydroxylation sites is 1. The number of phenolic OH excluding ortho intramolecular Hbond substituents is 1. The normalized spacial score (nSPS) is 10.4. The molecule has 0 aliphatic rings. The van der Waals surface area contributed by atoms with Crippen molar-refractivity contribution >= 4 is 5.91 Å². The highest BCUT2D eigenvalue weighted by Gasteiger charge is 2.11. The predicted octanol–water partition coefficient (Wildman–Crippen LogP) is 3.12. The Morgan fingerprint density at radius 2 is 1.95 bits per heavy atom. The Morgan fingerprint density at radius 3 is 2.67 bits per heavy atom. The summed E-state index contributed by atoms with van der Waals surface area (Å²) in [7, 11) is 1.69. The molecule has 0 fully saturated rings. The van der Waals surface area contributed by atoms with Crippen molar-refractivity contribution in [1.82, 2.24) is 4.90 Å². The Morgan fingerprint density at radius 1 is 1.19 bits per heavy atom. The lowest BCUT2D eigenvalue weighted by Gasteiger charge is -2.17. The van der Waals surface area contributed by atoms with Crippen LogP contribution in [0.15, 0.2) is 48.5 Å². The van der Waals surface area contributed by atoms with Crippen molar-refractivity contribution in [2.24, 2.45) is 0 Å². The molecule has 110 valence electrons. The van der Waals surface area contributed by atoms with Crippen LogP contribution in [0.25, 0.3) is 0 Å². The van der Waals surface area contributed by atoms with Gasteiger partial charge in [0.15, 0.2) is 0 Å². The molecule has 0 aliphatic carbocycles. The second-order valence-corrected chi connectivity index (χ2v) is 5.01. The number of aromatic hydroxyl groups is 1. The lowest BCUT2D eigenvalue weighted by atomic mass is 10.1. The maximum atomic E-state index is 13.1. The minimum absolute atomic E-state index is 0.0393. The molecule has 0 saturated carbocycles. The van der Waals surface area contributed by atoms with Crippen molar-refractivity contribution in [3.05, 3.63) is 65.5 Å². The number of halogens is 1. The number of nitrogens with zero attached hydrogens (tertiary/aromatic N) is 1. The molecule has 2 rings (SSSR count). The third-order valence-electron chi connectivity index (χ3n) is 3.33. The van der Waals surface area contributed by atoms with Gasteiger partial charge < -0.3 is 10.0 Å². The third-order valence-corrected chi connectivity index (χ3v) is 3.33. The van der Waals surface area contributed by atoms with Crippen LogP contribution in [0, 0.1) is 5.82 Å². The summed E-state index contributed by atoms with van der Waals surface area (Å²) in [5.74, 6) is -0.136. The van der Waals surface area contributed by atoms with Crippen LogP contribution in [0.5, 0.6) is 5.75 Å². The van der Waals surface area contributed by atoms with E-state index in [9.17, 15) is 14.3 Å². The van der Waals surface area contributed by atoms with Crippen LogP contribution in [0.3, 0.4) is 0 Å². The zero-order valence-electron chi connectivity index (χ0n) is 11.9. The molecule has 0 atom stereocenters. The largest absolute Gasteiger partial charge is 0.508 e. The highest BCUT2D eigenvalue weighted by molar-refractivity contribution is 5.76. The predicted molar refractivity (Wildman–Crippen MR) is 79.3 cm³/mol. The highest BCUT2D eigenvalue weighted by atomic mass is 19.1. The molecule has 21 heavy (non-hydrogen) atoms. The molecule has 0 spiro atoms. The first kappa shape index (κ1) is 15.0. The summed E-state index contributed by atoms with van der Waals surface area (Å²) in [6.45, 7) is 0.372. The van der Waals surface area contributed by atoms with E-state index < -0.39 is 0 Å². The van der Waals surface area contributed by atoms with Gasteiger partial charge in [-0.15, -0.1) is 0 Å². The molecule has 0 aromatic heterocycles. The van der Waals surface area contributed by atoms with Crippen molar-refractivity contribution in [2.75, 3.05) is 7.05 Å². The van der Waals surface area contributed by atoms with Gasteiger partial charge in [-0.05, 0) is 35.7 Å². The second kappa shape index (κ2) is 6.88. The molecule has 0 bridgehead atoms. The first-order valence-corrected chi connectivity index (χ1v) is 6.81. The van der Waals surface area contributed by atoms with Gasteiger partial charge >= 0.3 is 0 Å². The van der Waals surface area contributed by atoms with Crippen LogP contribution in [0.1, 0.15) is 17.5 Å². The van der Waals surface area contributed by atoms with Crippen molar-refractivity contribution in [3.8, 4) is 5.75 Å². The Hall–Kier alpha value is -2.36. The summed E-state index contributed by atoms with van der Waals surface area (Å²) >= 11 is 0. The maximum Gasteiger partial charge on any atom is 0.222 e. The van der Waals surface area contributed by atoms with Gasteiger partial charge in [0.2, 0.25) is 5.91 Å². The van der Waals surface area contributed by atoms with Gasteiger partial charge in [0.25, 0.3) is 0 Å². The third kappa shape index (κ3) is 4.31. The Balaban J connectivity index is 1.90. The zero-order chi connectivity index (χ0) is 15.2. The number of carbonyl (C=O) groups is 1. The van der Waals surface area contributed by atoms with E-state index in [2.05, 4.69) is 0 Å². The number of hydrogen-bond acceptors (Lipinski definition) is 2. The van der Waals surface area contributed by atoms with Crippen LogP contribution in [0.4, 0.5) is 4.39 Å². The molecule has 2 aromatic carbocycles. The molecule has 0 unspecified atom stereocenters. The standard InChI is InChI=1S/C17H18FNO2/c1-19(12-13-5-4-7-15(18)11-13)17(21)10-9-14-6-2-3-8-16(14)20/h2-8,11,20H,9-10,12H2,1H3. The fraction of sp³-hybridized carbons (Fsp3) is 0.235. The summed E-state index contributed by atoms with van der Waals surface area (Å²) in [6.07, 6.45) is 0.794. The topological polar surface area (TPSA) is 40.5 Å². The molecule has 0 radical (unpaired) electrons. The Kier molecular flexibility index (Phi) is 4.93.